The fraction of sp³-hybridized carbons (Fsp3) is 0.357. The summed E-state index contributed by atoms with van der Waals surface area (Å²) in [5, 5.41) is 3.79. The van der Waals surface area contributed by atoms with Gasteiger partial charge in [-0.3, -0.25) is 4.55 Å². The second kappa shape index (κ2) is 7.71. The Hall–Kier alpha value is -1.71. The van der Waals surface area contributed by atoms with Crippen molar-refractivity contribution in [2.45, 2.75) is 19.4 Å². The zero-order valence-electron chi connectivity index (χ0n) is 12.5. The molecule has 1 atom stereocenters. The van der Waals surface area contributed by atoms with Crippen molar-refractivity contribution < 1.29 is 22.5 Å². The molecular weight excluding hydrogens is 340 g/mol. The zero-order chi connectivity index (χ0) is 16.9. The number of rotatable bonds is 7. The van der Waals surface area contributed by atoms with Gasteiger partial charge >= 0.3 is 15.2 Å². The molecule has 0 aliphatic carbocycles. The Kier molecular flexibility index (Phi) is 5.91. The minimum Gasteiger partial charge on any atom is -0.449 e. The molecule has 126 valence electrons. The Morgan fingerprint density at radius 2 is 2.17 bits per heavy atom. The van der Waals surface area contributed by atoms with Gasteiger partial charge < -0.3 is 15.0 Å². The van der Waals surface area contributed by atoms with Gasteiger partial charge in [0.1, 0.15) is 6.61 Å². The van der Waals surface area contributed by atoms with Crippen LogP contribution in [0.1, 0.15) is 12.5 Å². The molecule has 1 aromatic heterocycles. The Morgan fingerprint density at radius 1 is 1.43 bits per heavy atom. The molecule has 0 saturated heterocycles. The molecule has 0 aliphatic rings. The maximum Gasteiger partial charge on any atom is 0.407 e. The first kappa shape index (κ1) is 17.6. The summed E-state index contributed by atoms with van der Waals surface area (Å²) in [6.45, 7) is 1.76. The maximum absolute atomic E-state index is 11.6. The van der Waals surface area contributed by atoms with E-state index in [-0.39, 0.29) is 18.4 Å². The number of aromatic amines is 1. The average molecular weight is 358 g/mol. The molecule has 23 heavy (non-hydrogen) atoms. The quantitative estimate of drug-likeness (QED) is 0.398. The number of H-pyrrole nitrogens is 1. The molecular formula is C14H18N2O5S2. The van der Waals surface area contributed by atoms with Crippen molar-refractivity contribution in [2.75, 3.05) is 12.4 Å². The minimum absolute atomic E-state index is 0.0247. The van der Waals surface area contributed by atoms with Gasteiger partial charge in [0.25, 0.3) is 0 Å². The van der Waals surface area contributed by atoms with E-state index in [1.165, 1.54) is 0 Å². The third-order valence-electron chi connectivity index (χ3n) is 3.11. The maximum atomic E-state index is 11.6. The number of nitrogens with one attached hydrogen (secondary N) is 2. The van der Waals surface area contributed by atoms with Crippen LogP contribution in [-0.2, 0) is 20.3 Å². The number of fused-ring (bicyclic) bond motifs is 1. The average Bonchev–Trinajstić information content (AvgIpc) is 2.86. The van der Waals surface area contributed by atoms with Gasteiger partial charge in [0.05, 0.1) is 0 Å². The van der Waals surface area contributed by atoms with Crippen molar-refractivity contribution in [3.63, 3.8) is 0 Å². The number of amides is 1. The monoisotopic (exact) mass is 358 g/mol. The predicted octanol–water partition coefficient (Wildman–Crippen LogP) is 2.36. The van der Waals surface area contributed by atoms with Gasteiger partial charge in [0.15, 0.2) is 0 Å². The lowest BCUT2D eigenvalue weighted by Gasteiger charge is -2.13. The van der Waals surface area contributed by atoms with Gasteiger partial charge in [-0.1, -0.05) is 18.2 Å². The van der Waals surface area contributed by atoms with E-state index in [0.29, 0.717) is 17.2 Å². The van der Waals surface area contributed by atoms with Crippen LogP contribution in [0.25, 0.3) is 10.9 Å². The number of carbonyl (C=O) groups is 1. The summed E-state index contributed by atoms with van der Waals surface area (Å²) in [7, 11) is -3.78. The molecule has 1 unspecified atom stereocenters. The van der Waals surface area contributed by atoms with E-state index in [4.69, 9.17) is 9.29 Å². The first-order valence-corrected chi connectivity index (χ1v) is 9.89. The van der Waals surface area contributed by atoms with E-state index in [9.17, 15) is 13.2 Å². The normalized spacial score (nSPS) is 13.0. The highest BCUT2D eigenvalue weighted by Crippen LogP contribution is 2.19. The Labute approximate surface area is 137 Å². The van der Waals surface area contributed by atoms with Crippen LogP contribution in [0.5, 0.6) is 0 Å². The third kappa shape index (κ3) is 5.77. The SMILES string of the molecule is CC(Cc1c[nH]c2ccccc12)NC(=O)OCCSS(=O)(=O)O. The van der Waals surface area contributed by atoms with E-state index in [2.05, 4.69) is 10.3 Å². The van der Waals surface area contributed by atoms with Crippen LogP contribution >= 0.6 is 10.8 Å². The molecule has 0 saturated carbocycles. The van der Waals surface area contributed by atoms with Gasteiger partial charge in [-0.05, 0) is 25.0 Å². The number of alkyl carbamates (subject to hydrolysis) is 1. The summed E-state index contributed by atoms with van der Waals surface area (Å²) in [6.07, 6.45) is 1.93. The van der Waals surface area contributed by atoms with Crippen molar-refractivity contribution in [1.29, 1.82) is 0 Å². The molecule has 1 heterocycles. The lowest BCUT2D eigenvalue weighted by molar-refractivity contribution is 0.150. The van der Waals surface area contributed by atoms with E-state index < -0.39 is 15.2 Å². The zero-order valence-corrected chi connectivity index (χ0v) is 14.1. The first-order valence-electron chi connectivity index (χ1n) is 6.95. The highest BCUT2D eigenvalue weighted by molar-refractivity contribution is 8.69. The van der Waals surface area contributed by atoms with Crippen LogP contribution in [0.4, 0.5) is 4.79 Å². The second-order valence-electron chi connectivity index (χ2n) is 4.99. The number of aromatic nitrogens is 1. The molecule has 0 bridgehead atoms. The highest BCUT2D eigenvalue weighted by atomic mass is 33.1. The third-order valence-corrected chi connectivity index (χ3v) is 5.14. The van der Waals surface area contributed by atoms with Gasteiger partial charge in [-0.2, -0.15) is 8.42 Å². The summed E-state index contributed by atoms with van der Waals surface area (Å²) < 4.78 is 34.4. The summed E-state index contributed by atoms with van der Waals surface area (Å²) in [5.41, 5.74) is 2.13. The molecule has 0 spiro atoms. The van der Waals surface area contributed by atoms with Crippen LogP contribution in [0.15, 0.2) is 30.5 Å². The highest BCUT2D eigenvalue weighted by Gasteiger charge is 2.12. The van der Waals surface area contributed by atoms with Crippen molar-refractivity contribution in [1.82, 2.24) is 10.3 Å². The van der Waals surface area contributed by atoms with Gasteiger partial charge in [0, 0.05) is 39.7 Å². The number of para-hydroxylation sites is 1. The van der Waals surface area contributed by atoms with Crippen molar-refractivity contribution >= 4 is 36.9 Å². The predicted molar refractivity (Wildman–Crippen MR) is 90.0 cm³/mol. The van der Waals surface area contributed by atoms with Gasteiger partial charge in [0.2, 0.25) is 0 Å². The van der Waals surface area contributed by atoms with E-state index in [1.807, 2.05) is 37.4 Å². The van der Waals surface area contributed by atoms with Crippen molar-refractivity contribution in [3.05, 3.63) is 36.0 Å². The van der Waals surface area contributed by atoms with Crippen LogP contribution < -0.4 is 5.32 Å². The molecule has 9 heteroatoms. The summed E-state index contributed by atoms with van der Waals surface area (Å²) in [6, 6.07) is 7.76. The van der Waals surface area contributed by atoms with E-state index in [1.54, 1.807) is 0 Å². The Morgan fingerprint density at radius 3 is 2.91 bits per heavy atom. The van der Waals surface area contributed by atoms with Crippen molar-refractivity contribution in [3.8, 4) is 0 Å². The van der Waals surface area contributed by atoms with Gasteiger partial charge in [-0.25, -0.2) is 4.79 Å². The topological polar surface area (TPSA) is 108 Å². The summed E-state index contributed by atoms with van der Waals surface area (Å²) in [5.74, 6) is -0.0247. The molecule has 2 rings (SSSR count). The van der Waals surface area contributed by atoms with E-state index >= 15 is 0 Å². The number of benzene rings is 1. The van der Waals surface area contributed by atoms with E-state index in [0.717, 1.165) is 16.5 Å². The number of carbonyl (C=O) groups excluding carboxylic acids is 1. The van der Waals surface area contributed by atoms with Crippen LogP contribution in [-0.4, -0.2) is 42.4 Å². The standard InChI is InChI=1S/C14H18N2O5S2/c1-10(16-14(17)21-6-7-22-23(18,19)20)8-11-9-15-13-5-3-2-4-12(11)13/h2-5,9-10,15H,6-8H2,1H3,(H,16,17)(H,18,19,20). The molecule has 0 fully saturated rings. The number of hydrogen-bond acceptors (Lipinski definition) is 5. The molecule has 3 N–H and O–H groups in total. The van der Waals surface area contributed by atoms with Crippen LogP contribution in [0.2, 0.25) is 0 Å². The minimum atomic E-state index is -4.10. The number of hydrogen-bond donors (Lipinski definition) is 3. The summed E-state index contributed by atoms with van der Waals surface area (Å²) >= 11 is 0. The van der Waals surface area contributed by atoms with Gasteiger partial charge in [-0.15, -0.1) is 0 Å². The molecule has 1 aromatic carbocycles. The Balaban J connectivity index is 1.78. The smallest absolute Gasteiger partial charge is 0.407 e. The van der Waals surface area contributed by atoms with Crippen molar-refractivity contribution in [2.24, 2.45) is 0 Å². The molecule has 0 radical (unpaired) electrons. The molecule has 0 aliphatic heterocycles. The fourth-order valence-corrected chi connectivity index (χ4v) is 3.40. The van der Waals surface area contributed by atoms with Crippen LogP contribution in [0, 0.1) is 0 Å². The lowest BCUT2D eigenvalue weighted by Crippen LogP contribution is -2.34. The number of ether oxygens (including phenoxy) is 1. The fourth-order valence-electron chi connectivity index (χ4n) is 2.20. The lowest BCUT2D eigenvalue weighted by atomic mass is 10.1. The largest absolute Gasteiger partial charge is 0.449 e. The summed E-state index contributed by atoms with van der Waals surface area (Å²) in [4.78, 5) is 14.8. The molecule has 1 amide bonds. The van der Waals surface area contributed by atoms with Crippen LogP contribution in [0.3, 0.4) is 0 Å². The second-order valence-corrected chi connectivity index (χ2v) is 8.46. The Bertz CT molecular complexity index is 772. The molecule has 7 nitrogen and oxygen atoms in total. The first-order chi connectivity index (χ1) is 10.8. The molecule has 2 aromatic rings.